The predicted molar refractivity (Wildman–Crippen MR) is 72.9 cm³/mol. The molecule has 0 aliphatic heterocycles. The van der Waals surface area contributed by atoms with E-state index in [0.717, 1.165) is 12.8 Å². The average Bonchev–Trinajstić information content (AvgIpc) is 2.43. The Morgan fingerprint density at radius 3 is 2.00 bits per heavy atom. The lowest BCUT2D eigenvalue weighted by atomic mass is 10.0. The summed E-state index contributed by atoms with van der Waals surface area (Å²) in [7, 11) is 6.86. The number of methoxy groups -OCH3 is 3. The molecule has 18 heavy (non-hydrogen) atoms. The summed E-state index contributed by atoms with van der Waals surface area (Å²) in [6.07, 6.45) is 2.04. The Balaban J connectivity index is 2.93. The second-order valence-electron chi connectivity index (χ2n) is 4.26. The first-order valence-corrected chi connectivity index (χ1v) is 6.12. The Morgan fingerprint density at radius 1 is 1.06 bits per heavy atom. The number of rotatable bonds is 7. The molecule has 1 aromatic rings. The number of benzene rings is 1. The van der Waals surface area contributed by atoms with E-state index in [1.165, 1.54) is 5.56 Å². The van der Waals surface area contributed by atoms with Crippen LogP contribution in [-0.4, -0.2) is 34.4 Å². The summed E-state index contributed by atoms with van der Waals surface area (Å²) in [6.45, 7) is 2.16. The molecule has 1 rings (SSSR count). The molecule has 0 aromatic heterocycles. The third kappa shape index (κ3) is 3.53. The van der Waals surface area contributed by atoms with Gasteiger partial charge in [-0.3, -0.25) is 0 Å². The average molecular weight is 253 g/mol. The molecule has 102 valence electrons. The van der Waals surface area contributed by atoms with Crippen molar-refractivity contribution < 1.29 is 14.2 Å². The molecule has 1 atom stereocenters. The topological polar surface area (TPSA) is 39.7 Å². The van der Waals surface area contributed by atoms with Crippen LogP contribution in [-0.2, 0) is 6.42 Å². The first-order valence-electron chi connectivity index (χ1n) is 6.12. The van der Waals surface area contributed by atoms with Gasteiger partial charge in [0.05, 0.1) is 21.3 Å². The molecule has 0 heterocycles. The van der Waals surface area contributed by atoms with Crippen molar-refractivity contribution in [2.24, 2.45) is 0 Å². The Kier molecular flexibility index (Phi) is 5.78. The van der Waals surface area contributed by atoms with Gasteiger partial charge in [-0.2, -0.15) is 0 Å². The van der Waals surface area contributed by atoms with E-state index in [2.05, 4.69) is 12.2 Å². The maximum absolute atomic E-state index is 5.33. The van der Waals surface area contributed by atoms with Gasteiger partial charge in [-0.1, -0.05) is 0 Å². The van der Waals surface area contributed by atoms with Crippen molar-refractivity contribution in [2.45, 2.75) is 25.8 Å². The Bertz CT molecular complexity index is 354. The van der Waals surface area contributed by atoms with E-state index in [4.69, 9.17) is 14.2 Å². The van der Waals surface area contributed by atoms with Gasteiger partial charge in [0.2, 0.25) is 5.75 Å². The molecule has 0 radical (unpaired) electrons. The van der Waals surface area contributed by atoms with Crippen LogP contribution in [0.5, 0.6) is 17.2 Å². The highest BCUT2D eigenvalue weighted by Crippen LogP contribution is 2.38. The molecule has 1 N–H and O–H groups in total. The smallest absolute Gasteiger partial charge is 0.203 e. The molecule has 4 nitrogen and oxygen atoms in total. The highest BCUT2D eigenvalue weighted by atomic mass is 16.5. The van der Waals surface area contributed by atoms with Gasteiger partial charge in [0.25, 0.3) is 0 Å². The first kappa shape index (κ1) is 14.6. The number of hydrogen-bond acceptors (Lipinski definition) is 4. The van der Waals surface area contributed by atoms with Gasteiger partial charge in [0.15, 0.2) is 11.5 Å². The molecule has 0 saturated carbocycles. The fraction of sp³-hybridized carbons (Fsp3) is 0.571. The van der Waals surface area contributed by atoms with Crippen LogP contribution in [0.4, 0.5) is 0 Å². The zero-order valence-electron chi connectivity index (χ0n) is 11.9. The van der Waals surface area contributed by atoms with Crippen molar-refractivity contribution in [3.63, 3.8) is 0 Å². The minimum absolute atomic E-state index is 0.490. The molecule has 0 aliphatic carbocycles. The summed E-state index contributed by atoms with van der Waals surface area (Å²) in [5, 5.41) is 3.23. The first-order chi connectivity index (χ1) is 8.65. The van der Waals surface area contributed by atoms with E-state index in [0.29, 0.717) is 23.3 Å². The van der Waals surface area contributed by atoms with Gasteiger partial charge in [0, 0.05) is 6.04 Å². The normalized spacial score (nSPS) is 12.1. The quantitative estimate of drug-likeness (QED) is 0.809. The maximum Gasteiger partial charge on any atom is 0.203 e. The molecule has 0 aliphatic rings. The van der Waals surface area contributed by atoms with Crippen molar-refractivity contribution in [3.05, 3.63) is 17.7 Å². The predicted octanol–water partition coefficient (Wildman–Crippen LogP) is 2.25. The molecule has 4 heteroatoms. The van der Waals surface area contributed by atoms with Crippen molar-refractivity contribution in [1.82, 2.24) is 5.32 Å². The van der Waals surface area contributed by atoms with Gasteiger partial charge in [0.1, 0.15) is 0 Å². The molecule has 1 unspecified atom stereocenters. The zero-order valence-corrected chi connectivity index (χ0v) is 11.9. The van der Waals surface area contributed by atoms with Crippen LogP contribution in [0.1, 0.15) is 18.9 Å². The summed E-state index contributed by atoms with van der Waals surface area (Å²) < 4.78 is 16.0. The van der Waals surface area contributed by atoms with Crippen LogP contribution in [0.15, 0.2) is 12.1 Å². The van der Waals surface area contributed by atoms with Gasteiger partial charge in [-0.05, 0) is 44.5 Å². The molecule has 1 aromatic carbocycles. The Labute approximate surface area is 109 Å². The molecular formula is C14H23NO3. The molecule has 0 fully saturated rings. The largest absolute Gasteiger partial charge is 0.493 e. The third-order valence-electron chi connectivity index (χ3n) is 3.08. The SMILES string of the molecule is CNC(C)CCc1cc(OC)c(OC)c(OC)c1. The summed E-state index contributed by atoms with van der Waals surface area (Å²) in [4.78, 5) is 0. The Morgan fingerprint density at radius 2 is 1.61 bits per heavy atom. The van der Waals surface area contributed by atoms with E-state index >= 15 is 0 Å². The number of ether oxygens (including phenoxy) is 3. The summed E-state index contributed by atoms with van der Waals surface area (Å²) in [5.41, 5.74) is 1.19. The fourth-order valence-corrected chi connectivity index (χ4v) is 1.81. The minimum atomic E-state index is 0.490. The van der Waals surface area contributed by atoms with Gasteiger partial charge in [-0.15, -0.1) is 0 Å². The summed E-state index contributed by atoms with van der Waals surface area (Å²) in [6, 6.07) is 4.50. The van der Waals surface area contributed by atoms with Crippen molar-refractivity contribution in [1.29, 1.82) is 0 Å². The maximum atomic E-state index is 5.33. The lowest BCUT2D eigenvalue weighted by molar-refractivity contribution is 0.323. The summed E-state index contributed by atoms with van der Waals surface area (Å²) >= 11 is 0. The molecule has 0 amide bonds. The fourth-order valence-electron chi connectivity index (χ4n) is 1.81. The van der Waals surface area contributed by atoms with E-state index < -0.39 is 0 Å². The van der Waals surface area contributed by atoms with Crippen LogP contribution in [0.25, 0.3) is 0 Å². The number of hydrogen-bond donors (Lipinski definition) is 1. The highest BCUT2D eigenvalue weighted by molar-refractivity contribution is 5.53. The van der Waals surface area contributed by atoms with E-state index in [9.17, 15) is 0 Å². The van der Waals surface area contributed by atoms with Crippen molar-refractivity contribution >= 4 is 0 Å². The van der Waals surface area contributed by atoms with Gasteiger partial charge in [-0.25, -0.2) is 0 Å². The molecule has 0 bridgehead atoms. The zero-order chi connectivity index (χ0) is 13.5. The van der Waals surface area contributed by atoms with E-state index in [-0.39, 0.29) is 0 Å². The van der Waals surface area contributed by atoms with Crippen LogP contribution < -0.4 is 19.5 Å². The van der Waals surface area contributed by atoms with Crippen molar-refractivity contribution in [2.75, 3.05) is 28.4 Å². The molecular weight excluding hydrogens is 230 g/mol. The third-order valence-corrected chi connectivity index (χ3v) is 3.08. The second kappa shape index (κ2) is 7.11. The lowest BCUT2D eigenvalue weighted by Crippen LogP contribution is -2.21. The number of aryl methyl sites for hydroxylation is 1. The van der Waals surface area contributed by atoms with Crippen LogP contribution in [0, 0.1) is 0 Å². The van der Waals surface area contributed by atoms with E-state index in [1.807, 2.05) is 19.2 Å². The van der Waals surface area contributed by atoms with Crippen molar-refractivity contribution in [3.8, 4) is 17.2 Å². The van der Waals surface area contributed by atoms with Crippen LogP contribution >= 0.6 is 0 Å². The van der Waals surface area contributed by atoms with Crippen LogP contribution in [0.2, 0.25) is 0 Å². The lowest BCUT2D eigenvalue weighted by Gasteiger charge is -2.15. The van der Waals surface area contributed by atoms with Crippen LogP contribution in [0.3, 0.4) is 0 Å². The monoisotopic (exact) mass is 253 g/mol. The second-order valence-corrected chi connectivity index (χ2v) is 4.26. The Hall–Kier alpha value is -1.42. The van der Waals surface area contributed by atoms with Gasteiger partial charge < -0.3 is 19.5 Å². The minimum Gasteiger partial charge on any atom is -0.493 e. The van der Waals surface area contributed by atoms with Gasteiger partial charge >= 0.3 is 0 Å². The standard InChI is InChI=1S/C14H23NO3/c1-10(15-2)6-7-11-8-12(16-3)14(18-5)13(9-11)17-4/h8-10,15H,6-7H2,1-5H3. The molecule has 0 spiro atoms. The molecule has 0 saturated heterocycles. The summed E-state index contributed by atoms with van der Waals surface area (Å²) in [5.74, 6) is 2.07. The highest BCUT2D eigenvalue weighted by Gasteiger charge is 2.13. The van der Waals surface area contributed by atoms with E-state index in [1.54, 1.807) is 21.3 Å². The number of nitrogens with one attached hydrogen (secondary N) is 1.